The molecule has 1 fully saturated rings. The molecule has 4 nitrogen and oxygen atoms in total. The molecule has 128 valence electrons. The lowest BCUT2D eigenvalue weighted by Gasteiger charge is -2.25. The summed E-state index contributed by atoms with van der Waals surface area (Å²) in [6.07, 6.45) is 5.74. The van der Waals surface area contributed by atoms with Crippen molar-refractivity contribution in [3.05, 3.63) is 35.4 Å². The minimum atomic E-state index is -0.796. The zero-order valence-electron chi connectivity index (χ0n) is 14.3. The molecule has 1 aromatic carbocycles. The number of aryl methyl sites for hydroxylation is 1. The van der Waals surface area contributed by atoms with Crippen LogP contribution in [-0.2, 0) is 11.2 Å². The van der Waals surface area contributed by atoms with Gasteiger partial charge in [-0.05, 0) is 37.3 Å². The summed E-state index contributed by atoms with van der Waals surface area (Å²) in [5.41, 5.74) is 1.97. The van der Waals surface area contributed by atoms with Crippen LogP contribution < -0.4 is 5.32 Å². The fourth-order valence-corrected chi connectivity index (χ4v) is 3.25. The fraction of sp³-hybridized carbons (Fsp3) is 0.632. The Kier molecular flexibility index (Phi) is 6.90. The van der Waals surface area contributed by atoms with E-state index < -0.39 is 18.3 Å². The molecule has 0 saturated heterocycles. The van der Waals surface area contributed by atoms with E-state index in [-0.39, 0.29) is 6.04 Å². The molecule has 0 aromatic heterocycles. The van der Waals surface area contributed by atoms with Gasteiger partial charge in [0.2, 0.25) is 0 Å². The second kappa shape index (κ2) is 8.92. The highest BCUT2D eigenvalue weighted by Crippen LogP contribution is 2.24. The topological polar surface area (TPSA) is 58.6 Å². The number of rotatable bonds is 6. The number of nitrogens with one attached hydrogen (secondary N) is 1. The first-order valence-corrected chi connectivity index (χ1v) is 8.84. The van der Waals surface area contributed by atoms with Crippen molar-refractivity contribution in [3.8, 4) is 0 Å². The highest BCUT2D eigenvalue weighted by molar-refractivity contribution is 5.67. The predicted molar refractivity (Wildman–Crippen MR) is 91.3 cm³/mol. The molecule has 1 aliphatic rings. The number of aliphatic hydroxyl groups excluding tert-OH is 1. The Morgan fingerprint density at radius 1 is 1.30 bits per heavy atom. The monoisotopic (exact) mass is 319 g/mol. The smallest absolute Gasteiger partial charge is 0.407 e. The molecule has 23 heavy (non-hydrogen) atoms. The number of carbonyl (C=O) groups is 1. The summed E-state index contributed by atoms with van der Waals surface area (Å²) in [4.78, 5) is 12.0. The van der Waals surface area contributed by atoms with Crippen LogP contribution in [0.25, 0.3) is 0 Å². The van der Waals surface area contributed by atoms with Crippen molar-refractivity contribution in [1.82, 2.24) is 5.32 Å². The summed E-state index contributed by atoms with van der Waals surface area (Å²) in [6, 6.07) is 8.04. The zero-order chi connectivity index (χ0) is 16.7. The van der Waals surface area contributed by atoms with Crippen molar-refractivity contribution in [2.24, 2.45) is 0 Å². The highest BCUT2D eigenvalue weighted by atomic mass is 16.6. The van der Waals surface area contributed by atoms with Crippen LogP contribution in [0.15, 0.2) is 24.3 Å². The van der Waals surface area contributed by atoms with Crippen molar-refractivity contribution in [1.29, 1.82) is 0 Å². The molecule has 1 amide bonds. The summed E-state index contributed by atoms with van der Waals surface area (Å²) >= 11 is 0. The van der Waals surface area contributed by atoms with E-state index in [2.05, 4.69) is 12.2 Å². The number of hydrogen-bond donors (Lipinski definition) is 2. The van der Waals surface area contributed by atoms with Crippen molar-refractivity contribution in [3.63, 3.8) is 0 Å². The van der Waals surface area contributed by atoms with E-state index in [0.29, 0.717) is 0 Å². The van der Waals surface area contributed by atoms with Crippen LogP contribution in [-0.4, -0.2) is 23.3 Å². The summed E-state index contributed by atoms with van der Waals surface area (Å²) in [5.74, 6) is 0. The second-order valence-corrected chi connectivity index (χ2v) is 6.48. The maximum atomic E-state index is 12.0. The van der Waals surface area contributed by atoms with E-state index in [1.165, 1.54) is 6.42 Å². The van der Waals surface area contributed by atoms with Gasteiger partial charge in [0.1, 0.15) is 12.2 Å². The minimum absolute atomic E-state index is 0.216. The second-order valence-electron chi connectivity index (χ2n) is 6.48. The van der Waals surface area contributed by atoms with Crippen LogP contribution in [0.3, 0.4) is 0 Å². The Morgan fingerprint density at radius 2 is 2.00 bits per heavy atom. The van der Waals surface area contributed by atoms with E-state index >= 15 is 0 Å². The Labute approximate surface area is 139 Å². The van der Waals surface area contributed by atoms with Crippen LogP contribution in [0.2, 0.25) is 0 Å². The largest absolute Gasteiger partial charge is 0.443 e. The summed E-state index contributed by atoms with van der Waals surface area (Å²) in [6.45, 7) is 3.86. The van der Waals surface area contributed by atoms with Crippen molar-refractivity contribution < 1.29 is 14.6 Å². The van der Waals surface area contributed by atoms with Crippen LogP contribution in [0.4, 0.5) is 4.79 Å². The van der Waals surface area contributed by atoms with Gasteiger partial charge in [-0.3, -0.25) is 0 Å². The van der Waals surface area contributed by atoms with Crippen LogP contribution in [0, 0.1) is 0 Å². The van der Waals surface area contributed by atoms with Gasteiger partial charge in [-0.2, -0.15) is 0 Å². The maximum absolute atomic E-state index is 12.0. The Hall–Kier alpha value is -1.55. The molecule has 0 heterocycles. The first kappa shape index (κ1) is 17.8. The number of carbonyl (C=O) groups excluding carboxylic acids is 1. The third-order valence-corrected chi connectivity index (χ3v) is 4.56. The number of alkyl carbamates (subject to hydrolysis) is 1. The van der Waals surface area contributed by atoms with E-state index in [1.807, 2.05) is 24.3 Å². The molecule has 1 saturated carbocycles. The average molecular weight is 319 g/mol. The van der Waals surface area contributed by atoms with Crippen molar-refractivity contribution >= 4 is 6.09 Å². The lowest BCUT2D eigenvalue weighted by molar-refractivity contribution is 0.00983. The number of hydrogen-bond acceptors (Lipinski definition) is 3. The van der Waals surface area contributed by atoms with Gasteiger partial charge in [-0.1, -0.05) is 56.9 Å². The van der Waals surface area contributed by atoms with Gasteiger partial charge >= 0.3 is 6.09 Å². The van der Waals surface area contributed by atoms with Crippen LogP contribution in [0.1, 0.15) is 69.6 Å². The Balaban J connectivity index is 1.91. The Bertz CT molecular complexity index is 497. The molecule has 2 atom stereocenters. The molecular weight excluding hydrogens is 290 g/mol. The van der Waals surface area contributed by atoms with Gasteiger partial charge in [0, 0.05) is 6.04 Å². The highest BCUT2D eigenvalue weighted by Gasteiger charge is 2.24. The summed E-state index contributed by atoms with van der Waals surface area (Å²) in [5, 5.41) is 13.5. The molecule has 4 heteroatoms. The summed E-state index contributed by atoms with van der Waals surface area (Å²) in [7, 11) is 0. The van der Waals surface area contributed by atoms with E-state index in [1.54, 1.807) is 6.92 Å². The number of benzene rings is 1. The molecule has 0 bridgehead atoms. The molecule has 0 aliphatic heterocycles. The molecule has 1 aromatic rings. The van der Waals surface area contributed by atoms with Crippen LogP contribution >= 0.6 is 0 Å². The van der Waals surface area contributed by atoms with Gasteiger partial charge in [0.25, 0.3) is 0 Å². The molecule has 2 N–H and O–H groups in total. The average Bonchev–Trinajstić information content (AvgIpc) is 2.56. The third-order valence-electron chi connectivity index (χ3n) is 4.56. The predicted octanol–water partition coefficient (Wildman–Crippen LogP) is 4.12. The van der Waals surface area contributed by atoms with Gasteiger partial charge < -0.3 is 15.2 Å². The van der Waals surface area contributed by atoms with Gasteiger partial charge in [-0.15, -0.1) is 0 Å². The molecular formula is C19H29NO3. The Morgan fingerprint density at radius 3 is 2.70 bits per heavy atom. The van der Waals surface area contributed by atoms with E-state index in [0.717, 1.165) is 49.7 Å². The van der Waals surface area contributed by atoms with E-state index in [4.69, 9.17) is 4.74 Å². The first-order chi connectivity index (χ1) is 11.1. The summed E-state index contributed by atoms with van der Waals surface area (Å²) < 4.78 is 5.40. The maximum Gasteiger partial charge on any atom is 0.407 e. The molecule has 2 unspecified atom stereocenters. The molecule has 0 radical (unpaired) electrons. The molecule has 2 rings (SSSR count). The molecule has 0 spiro atoms. The van der Waals surface area contributed by atoms with Crippen LogP contribution in [0.5, 0.6) is 0 Å². The normalized spacial score (nSPS) is 18.2. The van der Waals surface area contributed by atoms with Gasteiger partial charge in [-0.25, -0.2) is 4.79 Å². The number of amides is 1. The standard InChI is InChI=1S/C19H29NO3/c1-3-9-15-10-7-8-13-17(15)18(21)14(2)23-19(22)20-16-11-5-4-6-12-16/h7-8,10,13-14,16,18,21H,3-6,9,11-12H2,1-2H3,(H,20,22). The molecule has 1 aliphatic carbocycles. The lowest BCUT2D eigenvalue weighted by Crippen LogP contribution is -2.39. The SMILES string of the molecule is CCCc1ccccc1C(O)C(C)OC(=O)NC1CCCCC1. The van der Waals surface area contributed by atoms with Gasteiger partial charge in [0.15, 0.2) is 0 Å². The van der Waals surface area contributed by atoms with Crippen molar-refractivity contribution in [2.75, 3.05) is 0 Å². The quantitative estimate of drug-likeness (QED) is 0.829. The zero-order valence-corrected chi connectivity index (χ0v) is 14.3. The van der Waals surface area contributed by atoms with Crippen molar-refractivity contribution in [2.45, 2.75) is 77.0 Å². The number of aliphatic hydroxyl groups is 1. The minimum Gasteiger partial charge on any atom is -0.443 e. The third kappa shape index (κ3) is 5.24. The first-order valence-electron chi connectivity index (χ1n) is 8.84. The van der Waals surface area contributed by atoms with E-state index in [9.17, 15) is 9.90 Å². The lowest BCUT2D eigenvalue weighted by atomic mass is 9.96. The number of ether oxygens (including phenoxy) is 1. The fourth-order valence-electron chi connectivity index (χ4n) is 3.25. The van der Waals surface area contributed by atoms with Gasteiger partial charge in [0.05, 0.1) is 0 Å².